The van der Waals surface area contributed by atoms with Crippen LogP contribution in [0.1, 0.15) is 17.4 Å². The van der Waals surface area contributed by atoms with Crippen molar-refractivity contribution in [1.29, 1.82) is 0 Å². The molecule has 0 bridgehead atoms. The Kier molecular flexibility index (Phi) is 2.67. The van der Waals surface area contributed by atoms with E-state index in [1.165, 1.54) is 0 Å². The molecule has 0 atom stereocenters. The van der Waals surface area contributed by atoms with E-state index >= 15 is 0 Å². The van der Waals surface area contributed by atoms with Crippen LogP contribution < -0.4 is 0 Å². The lowest BCUT2D eigenvalue weighted by Gasteiger charge is -2.07. The quantitative estimate of drug-likeness (QED) is 0.708. The van der Waals surface area contributed by atoms with Gasteiger partial charge in [-0.15, -0.1) is 0 Å². The summed E-state index contributed by atoms with van der Waals surface area (Å²) in [5.41, 5.74) is 0.759. The minimum absolute atomic E-state index is 0.102. The summed E-state index contributed by atoms with van der Waals surface area (Å²) in [6.45, 7) is 3.20. The zero-order valence-electron chi connectivity index (χ0n) is 8.63. The van der Waals surface area contributed by atoms with E-state index in [-0.39, 0.29) is 5.78 Å². The molecule has 4 heteroatoms. The molecular weight excluding hydrogens is 190 g/mol. The molecule has 0 aliphatic rings. The van der Waals surface area contributed by atoms with E-state index in [9.17, 15) is 4.79 Å². The third kappa shape index (κ3) is 2.15. The molecule has 4 nitrogen and oxygen atoms in total. The highest BCUT2D eigenvalue weighted by atomic mass is 16.1. The fraction of sp³-hybridized carbons (Fsp3) is 0.273. The van der Waals surface area contributed by atoms with E-state index < -0.39 is 0 Å². The van der Waals surface area contributed by atoms with E-state index in [2.05, 4.69) is 4.98 Å². The average Bonchev–Trinajstić information content (AvgIpc) is 2.86. The Morgan fingerprint density at radius 1 is 1.40 bits per heavy atom. The van der Waals surface area contributed by atoms with Crippen molar-refractivity contribution in [3.05, 3.63) is 42.7 Å². The maximum atomic E-state index is 11.2. The summed E-state index contributed by atoms with van der Waals surface area (Å²) in [7, 11) is 0. The second-order valence-corrected chi connectivity index (χ2v) is 3.44. The second kappa shape index (κ2) is 4.13. The highest BCUT2D eigenvalue weighted by molar-refractivity contribution is 5.92. The number of nitrogens with zero attached hydrogens (tertiary/aromatic N) is 3. The number of Topliss-reactive ketones (excluding diaryl/α,β-unsaturated/α-hetero) is 1. The first-order valence-electron chi connectivity index (χ1n) is 4.89. The van der Waals surface area contributed by atoms with E-state index in [1.54, 1.807) is 19.4 Å². The van der Waals surface area contributed by atoms with Gasteiger partial charge in [0.2, 0.25) is 0 Å². The lowest BCUT2D eigenvalue weighted by atomic mass is 10.3. The maximum Gasteiger partial charge on any atom is 0.176 e. The van der Waals surface area contributed by atoms with Crippen molar-refractivity contribution < 1.29 is 4.79 Å². The van der Waals surface area contributed by atoms with Crippen LogP contribution in [0.4, 0.5) is 0 Å². The monoisotopic (exact) mass is 203 g/mol. The van der Waals surface area contributed by atoms with Crippen LogP contribution in [0.3, 0.4) is 0 Å². The van der Waals surface area contributed by atoms with Crippen molar-refractivity contribution in [3.8, 4) is 0 Å². The summed E-state index contributed by atoms with van der Waals surface area (Å²) in [6, 6.07) is 3.74. The largest absolute Gasteiger partial charge is 0.343 e. The molecule has 0 aromatic carbocycles. The Balaban J connectivity index is 2.05. The van der Waals surface area contributed by atoms with Crippen LogP contribution in [-0.4, -0.2) is 19.9 Å². The van der Waals surface area contributed by atoms with Gasteiger partial charge in [-0.3, -0.25) is 4.79 Å². The summed E-state index contributed by atoms with van der Waals surface area (Å²) in [5.74, 6) is 0.102. The van der Waals surface area contributed by atoms with E-state index in [0.29, 0.717) is 0 Å². The van der Waals surface area contributed by atoms with E-state index in [0.717, 1.165) is 18.8 Å². The van der Waals surface area contributed by atoms with Gasteiger partial charge < -0.3 is 9.13 Å². The molecule has 2 rings (SSSR count). The summed E-state index contributed by atoms with van der Waals surface area (Å²) in [5, 5.41) is 0. The molecule has 0 aliphatic heterocycles. The molecule has 2 heterocycles. The van der Waals surface area contributed by atoms with Crippen molar-refractivity contribution in [3.63, 3.8) is 0 Å². The van der Waals surface area contributed by atoms with Gasteiger partial charge in [-0.2, -0.15) is 0 Å². The molecule has 0 aliphatic carbocycles. The summed E-state index contributed by atoms with van der Waals surface area (Å²) >= 11 is 0. The van der Waals surface area contributed by atoms with Gasteiger partial charge in [0.15, 0.2) is 5.78 Å². The molecule has 2 aromatic heterocycles. The van der Waals surface area contributed by atoms with E-state index in [4.69, 9.17) is 0 Å². The number of aromatic nitrogens is 3. The first-order valence-corrected chi connectivity index (χ1v) is 4.89. The van der Waals surface area contributed by atoms with Crippen LogP contribution in [-0.2, 0) is 13.1 Å². The van der Waals surface area contributed by atoms with Gasteiger partial charge in [0.1, 0.15) is 0 Å². The van der Waals surface area contributed by atoms with Crippen LogP contribution in [0.2, 0.25) is 0 Å². The number of rotatable bonds is 4. The molecule has 0 radical (unpaired) electrons. The van der Waals surface area contributed by atoms with Gasteiger partial charge in [0.25, 0.3) is 0 Å². The lowest BCUT2D eigenvalue weighted by Crippen LogP contribution is -2.10. The van der Waals surface area contributed by atoms with Gasteiger partial charge in [-0.1, -0.05) is 0 Å². The minimum Gasteiger partial charge on any atom is -0.343 e. The molecular formula is C11H13N3O. The number of imidazole rings is 1. The molecule has 0 saturated heterocycles. The van der Waals surface area contributed by atoms with Crippen LogP contribution in [0.5, 0.6) is 0 Å². The molecule has 2 aromatic rings. The van der Waals surface area contributed by atoms with Crippen molar-refractivity contribution in [2.24, 2.45) is 0 Å². The Hall–Kier alpha value is -1.84. The number of ketones is 1. The normalized spacial score (nSPS) is 10.5. The predicted octanol–water partition coefficient (Wildman–Crippen LogP) is 1.59. The van der Waals surface area contributed by atoms with Crippen molar-refractivity contribution in [1.82, 2.24) is 14.1 Å². The second-order valence-electron chi connectivity index (χ2n) is 3.44. The Morgan fingerprint density at radius 3 is 2.93 bits per heavy atom. The van der Waals surface area contributed by atoms with Crippen LogP contribution >= 0.6 is 0 Å². The lowest BCUT2D eigenvalue weighted by molar-refractivity contribution is 0.100. The zero-order valence-corrected chi connectivity index (χ0v) is 8.63. The van der Waals surface area contributed by atoms with Gasteiger partial charge in [0.05, 0.1) is 12.0 Å². The topological polar surface area (TPSA) is 39.8 Å². The van der Waals surface area contributed by atoms with E-state index in [1.807, 2.05) is 33.7 Å². The highest BCUT2D eigenvalue weighted by Gasteiger charge is 2.04. The first kappa shape index (κ1) is 9.71. The van der Waals surface area contributed by atoms with Crippen molar-refractivity contribution in [2.75, 3.05) is 0 Å². The third-order valence-electron chi connectivity index (χ3n) is 2.35. The number of carbonyl (C=O) groups excluding carboxylic acids is 1. The summed E-state index contributed by atoms with van der Waals surface area (Å²) < 4.78 is 3.95. The molecule has 0 amide bonds. The molecule has 0 spiro atoms. The number of aryl methyl sites for hydroxylation is 2. The van der Waals surface area contributed by atoms with Gasteiger partial charge in [0, 0.05) is 38.6 Å². The number of carbonyl (C=O) groups is 1. The fourth-order valence-electron chi connectivity index (χ4n) is 1.57. The fourth-order valence-corrected chi connectivity index (χ4v) is 1.57. The standard InChI is InChI=1S/C11H13N3O/c1-10(15)11-3-2-5-14(11)8-7-13-6-4-12-9-13/h2-6,9H,7-8H2,1H3. The highest BCUT2D eigenvalue weighted by Crippen LogP contribution is 2.03. The van der Waals surface area contributed by atoms with Crippen molar-refractivity contribution >= 4 is 5.78 Å². The molecule has 0 saturated carbocycles. The van der Waals surface area contributed by atoms with Crippen molar-refractivity contribution in [2.45, 2.75) is 20.0 Å². The average molecular weight is 203 g/mol. The summed E-state index contributed by atoms with van der Waals surface area (Å²) in [6.07, 6.45) is 7.36. The molecule has 0 fully saturated rings. The molecule has 0 N–H and O–H groups in total. The van der Waals surface area contributed by atoms with Crippen LogP contribution in [0, 0.1) is 0 Å². The SMILES string of the molecule is CC(=O)c1cccn1CCn1ccnc1. The van der Waals surface area contributed by atoms with Gasteiger partial charge in [-0.25, -0.2) is 4.98 Å². The van der Waals surface area contributed by atoms with Crippen LogP contribution in [0.25, 0.3) is 0 Å². The third-order valence-corrected chi connectivity index (χ3v) is 2.35. The molecule has 15 heavy (non-hydrogen) atoms. The maximum absolute atomic E-state index is 11.2. The first-order chi connectivity index (χ1) is 7.27. The number of hydrogen-bond acceptors (Lipinski definition) is 2. The number of hydrogen-bond donors (Lipinski definition) is 0. The summed E-state index contributed by atoms with van der Waals surface area (Å²) in [4.78, 5) is 15.2. The Labute approximate surface area is 88.2 Å². The minimum atomic E-state index is 0.102. The Bertz CT molecular complexity index is 442. The smallest absolute Gasteiger partial charge is 0.176 e. The van der Waals surface area contributed by atoms with Crippen LogP contribution in [0.15, 0.2) is 37.1 Å². The van der Waals surface area contributed by atoms with Gasteiger partial charge in [-0.05, 0) is 12.1 Å². The Morgan fingerprint density at radius 2 is 2.27 bits per heavy atom. The predicted molar refractivity (Wildman–Crippen MR) is 56.7 cm³/mol. The van der Waals surface area contributed by atoms with Gasteiger partial charge >= 0.3 is 0 Å². The molecule has 0 unspecified atom stereocenters. The zero-order chi connectivity index (χ0) is 10.7. The molecule has 78 valence electrons.